The fourth-order valence-corrected chi connectivity index (χ4v) is 2.16. The quantitative estimate of drug-likeness (QED) is 0.570. The van der Waals surface area contributed by atoms with E-state index in [0.717, 1.165) is 11.8 Å². The van der Waals surface area contributed by atoms with E-state index in [9.17, 15) is 9.59 Å². The van der Waals surface area contributed by atoms with Gasteiger partial charge in [-0.05, 0) is 24.3 Å². The van der Waals surface area contributed by atoms with Gasteiger partial charge >= 0.3 is 0 Å². The van der Waals surface area contributed by atoms with E-state index in [0.29, 0.717) is 11.3 Å². The molecule has 2 rings (SSSR count). The van der Waals surface area contributed by atoms with Gasteiger partial charge in [-0.3, -0.25) is 9.59 Å². The zero-order valence-electron chi connectivity index (χ0n) is 10.8. The first-order chi connectivity index (χ1) is 10.1. The standard InChI is InChI=1S/C13H11N5O2S/c14-6-8-1-3-9(4-2-8)16-12(20)7-21-13-17-10(15)5-11(19)18-13/h1-5H,7H2,(H,16,20)(H3,15,17,18,19). The van der Waals surface area contributed by atoms with Crippen LogP contribution in [0.25, 0.3) is 0 Å². The van der Waals surface area contributed by atoms with Crippen molar-refractivity contribution in [1.29, 1.82) is 5.26 Å². The van der Waals surface area contributed by atoms with Crippen LogP contribution in [0.5, 0.6) is 0 Å². The van der Waals surface area contributed by atoms with E-state index in [2.05, 4.69) is 15.3 Å². The molecule has 0 unspecified atom stereocenters. The van der Waals surface area contributed by atoms with Gasteiger partial charge in [0.25, 0.3) is 5.56 Å². The number of nitriles is 1. The number of anilines is 2. The number of rotatable bonds is 4. The lowest BCUT2D eigenvalue weighted by atomic mass is 10.2. The van der Waals surface area contributed by atoms with Crippen LogP contribution in [0, 0.1) is 11.3 Å². The second kappa shape index (κ2) is 6.58. The summed E-state index contributed by atoms with van der Waals surface area (Å²) in [6.07, 6.45) is 0. The van der Waals surface area contributed by atoms with Gasteiger partial charge in [0.2, 0.25) is 5.91 Å². The molecule has 0 aliphatic heterocycles. The third-order valence-corrected chi connectivity index (χ3v) is 3.25. The maximum atomic E-state index is 11.8. The summed E-state index contributed by atoms with van der Waals surface area (Å²) in [6.45, 7) is 0. The van der Waals surface area contributed by atoms with Gasteiger partial charge in [0.1, 0.15) is 5.82 Å². The second-order valence-electron chi connectivity index (χ2n) is 4.00. The smallest absolute Gasteiger partial charge is 0.253 e. The van der Waals surface area contributed by atoms with Crippen LogP contribution in [0.15, 0.2) is 40.3 Å². The van der Waals surface area contributed by atoms with Crippen LogP contribution < -0.4 is 16.6 Å². The van der Waals surface area contributed by atoms with Gasteiger partial charge in [-0.1, -0.05) is 11.8 Å². The van der Waals surface area contributed by atoms with Gasteiger partial charge in [0, 0.05) is 11.8 Å². The van der Waals surface area contributed by atoms with Crippen LogP contribution in [0.3, 0.4) is 0 Å². The van der Waals surface area contributed by atoms with Crippen LogP contribution in [0.2, 0.25) is 0 Å². The molecule has 0 aliphatic rings. The van der Waals surface area contributed by atoms with E-state index in [1.54, 1.807) is 24.3 Å². The Morgan fingerprint density at radius 1 is 1.43 bits per heavy atom. The van der Waals surface area contributed by atoms with Crippen LogP contribution in [-0.2, 0) is 4.79 Å². The lowest BCUT2D eigenvalue weighted by Crippen LogP contribution is -2.15. The molecule has 0 radical (unpaired) electrons. The molecule has 0 bridgehead atoms. The number of aromatic amines is 1. The summed E-state index contributed by atoms with van der Waals surface area (Å²) in [7, 11) is 0. The van der Waals surface area contributed by atoms with E-state index in [-0.39, 0.29) is 28.2 Å². The second-order valence-corrected chi connectivity index (χ2v) is 4.97. The average molecular weight is 301 g/mol. The zero-order chi connectivity index (χ0) is 15.2. The number of thioether (sulfide) groups is 1. The molecule has 0 spiro atoms. The lowest BCUT2D eigenvalue weighted by Gasteiger charge is -2.05. The highest BCUT2D eigenvalue weighted by Crippen LogP contribution is 2.13. The Kier molecular flexibility index (Phi) is 4.58. The molecule has 0 aliphatic carbocycles. The number of carbonyl (C=O) groups is 1. The van der Waals surface area contributed by atoms with Crippen molar-refractivity contribution in [3.8, 4) is 6.07 Å². The summed E-state index contributed by atoms with van der Waals surface area (Å²) in [5.74, 6) is -0.0737. The van der Waals surface area contributed by atoms with E-state index >= 15 is 0 Å². The summed E-state index contributed by atoms with van der Waals surface area (Å²) in [5.41, 5.74) is 6.19. The Hall–Kier alpha value is -2.79. The topological polar surface area (TPSA) is 125 Å². The third kappa shape index (κ3) is 4.36. The van der Waals surface area contributed by atoms with Gasteiger partial charge in [-0.15, -0.1) is 0 Å². The molecule has 1 aromatic heterocycles. The number of nitrogens with one attached hydrogen (secondary N) is 2. The Morgan fingerprint density at radius 2 is 2.14 bits per heavy atom. The third-order valence-electron chi connectivity index (χ3n) is 2.38. The van der Waals surface area contributed by atoms with Crippen molar-refractivity contribution in [1.82, 2.24) is 9.97 Å². The molecule has 0 atom stereocenters. The first-order valence-electron chi connectivity index (χ1n) is 5.86. The molecular weight excluding hydrogens is 290 g/mol. The number of nitrogens with zero attached hydrogens (tertiary/aromatic N) is 2. The molecule has 8 heteroatoms. The summed E-state index contributed by atoms with van der Waals surface area (Å²) in [5, 5.41) is 11.6. The molecule has 0 saturated heterocycles. The first-order valence-corrected chi connectivity index (χ1v) is 6.85. The number of nitrogen functional groups attached to an aromatic ring is 1. The number of carbonyl (C=O) groups excluding carboxylic acids is 1. The number of benzene rings is 1. The summed E-state index contributed by atoms with van der Waals surface area (Å²) >= 11 is 1.07. The Labute approximate surface area is 124 Å². The van der Waals surface area contributed by atoms with Crippen molar-refractivity contribution in [3.05, 3.63) is 46.2 Å². The van der Waals surface area contributed by atoms with Crippen molar-refractivity contribution in [2.75, 3.05) is 16.8 Å². The fraction of sp³-hybridized carbons (Fsp3) is 0.0769. The molecule has 0 fully saturated rings. The van der Waals surface area contributed by atoms with E-state index in [1.165, 1.54) is 6.07 Å². The monoisotopic (exact) mass is 301 g/mol. The Bertz CT molecular complexity index is 748. The van der Waals surface area contributed by atoms with Crippen LogP contribution in [0.4, 0.5) is 11.5 Å². The molecule has 1 amide bonds. The van der Waals surface area contributed by atoms with Crippen molar-refractivity contribution in [2.45, 2.75) is 5.16 Å². The van der Waals surface area contributed by atoms with Gasteiger partial charge in [-0.2, -0.15) is 5.26 Å². The van der Waals surface area contributed by atoms with E-state index < -0.39 is 0 Å². The van der Waals surface area contributed by atoms with Gasteiger partial charge in [0.05, 0.1) is 17.4 Å². The summed E-state index contributed by atoms with van der Waals surface area (Å²) in [6, 6.07) is 9.66. The molecule has 7 nitrogen and oxygen atoms in total. The number of hydrogen-bond acceptors (Lipinski definition) is 6. The minimum Gasteiger partial charge on any atom is -0.383 e. The number of amides is 1. The zero-order valence-corrected chi connectivity index (χ0v) is 11.6. The maximum absolute atomic E-state index is 11.8. The first kappa shape index (κ1) is 14.6. The van der Waals surface area contributed by atoms with E-state index in [4.69, 9.17) is 11.0 Å². The van der Waals surface area contributed by atoms with Crippen molar-refractivity contribution in [2.24, 2.45) is 0 Å². The summed E-state index contributed by atoms with van der Waals surface area (Å²) < 4.78 is 0. The van der Waals surface area contributed by atoms with Crippen molar-refractivity contribution in [3.63, 3.8) is 0 Å². The number of hydrogen-bond donors (Lipinski definition) is 3. The largest absolute Gasteiger partial charge is 0.383 e. The molecule has 4 N–H and O–H groups in total. The Balaban J connectivity index is 1.92. The van der Waals surface area contributed by atoms with Crippen molar-refractivity contribution < 1.29 is 4.79 Å². The fourth-order valence-electron chi connectivity index (χ4n) is 1.48. The number of aromatic nitrogens is 2. The molecule has 1 aromatic carbocycles. The minimum atomic E-state index is -0.363. The van der Waals surface area contributed by atoms with Gasteiger partial charge in [-0.25, -0.2) is 4.98 Å². The predicted molar refractivity (Wildman–Crippen MR) is 79.8 cm³/mol. The molecule has 2 aromatic rings. The van der Waals surface area contributed by atoms with Crippen LogP contribution >= 0.6 is 11.8 Å². The average Bonchev–Trinajstić information content (AvgIpc) is 2.45. The van der Waals surface area contributed by atoms with Crippen LogP contribution in [-0.4, -0.2) is 21.6 Å². The summed E-state index contributed by atoms with van der Waals surface area (Å²) in [4.78, 5) is 29.3. The SMILES string of the molecule is N#Cc1ccc(NC(=O)CSc2nc(N)cc(=O)[nH]2)cc1. The molecule has 21 heavy (non-hydrogen) atoms. The normalized spacial score (nSPS) is 9.86. The molecular formula is C13H11N5O2S. The molecule has 1 heterocycles. The predicted octanol–water partition coefficient (Wildman–Crippen LogP) is 0.955. The van der Waals surface area contributed by atoms with Crippen molar-refractivity contribution >= 4 is 29.2 Å². The minimum absolute atomic E-state index is 0.0758. The van der Waals surface area contributed by atoms with Crippen LogP contribution in [0.1, 0.15) is 5.56 Å². The number of H-pyrrole nitrogens is 1. The maximum Gasteiger partial charge on any atom is 0.253 e. The highest BCUT2D eigenvalue weighted by Gasteiger charge is 2.06. The highest BCUT2D eigenvalue weighted by molar-refractivity contribution is 7.99. The van der Waals surface area contributed by atoms with Gasteiger partial charge in [0.15, 0.2) is 5.16 Å². The lowest BCUT2D eigenvalue weighted by molar-refractivity contribution is -0.113. The number of nitrogens with two attached hydrogens (primary N) is 1. The van der Waals surface area contributed by atoms with E-state index in [1.807, 2.05) is 6.07 Å². The molecule has 106 valence electrons. The highest BCUT2D eigenvalue weighted by atomic mass is 32.2. The molecule has 0 saturated carbocycles. The van der Waals surface area contributed by atoms with Gasteiger partial charge < -0.3 is 16.0 Å². The Morgan fingerprint density at radius 3 is 2.76 bits per heavy atom.